The van der Waals surface area contributed by atoms with Crippen molar-refractivity contribution in [1.82, 2.24) is 10.3 Å². The van der Waals surface area contributed by atoms with Crippen LogP contribution in [0.25, 0.3) is 0 Å². The topological polar surface area (TPSA) is 27.8 Å². The zero-order valence-electron chi connectivity index (χ0n) is 10.7. The molecule has 1 aromatic heterocycles. The van der Waals surface area contributed by atoms with Crippen molar-refractivity contribution in [3.05, 3.63) is 58.9 Å². The van der Waals surface area contributed by atoms with Gasteiger partial charge < -0.3 is 10.3 Å². The summed E-state index contributed by atoms with van der Waals surface area (Å²) in [5.74, 6) is 0. The molecule has 0 fully saturated rings. The summed E-state index contributed by atoms with van der Waals surface area (Å²) in [6, 6.07) is 11.1. The maximum Gasteiger partial charge on any atom is 0.0362 e. The Morgan fingerprint density at radius 2 is 2.06 bits per heavy atom. The van der Waals surface area contributed by atoms with Crippen molar-refractivity contribution in [3.8, 4) is 0 Å². The van der Waals surface area contributed by atoms with Crippen molar-refractivity contribution in [2.75, 3.05) is 0 Å². The van der Waals surface area contributed by atoms with E-state index in [9.17, 15) is 0 Å². The van der Waals surface area contributed by atoms with Crippen LogP contribution in [0.15, 0.2) is 36.5 Å². The summed E-state index contributed by atoms with van der Waals surface area (Å²) in [7, 11) is 0. The molecule has 2 rings (SSSR count). The van der Waals surface area contributed by atoms with Crippen LogP contribution in [0.5, 0.6) is 0 Å². The number of aromatic nitrogens is 1. The third-order valence-corrected chi connectivity index (χ3v) is 3.16. The quantitative estimate of drug-likeness (QED) is 0.823. The second-order valence-corrected chi connectivity index (χ2v) is 4.66. The normalized spacial score (nSPS) is 12.6. The second kappa shape index (κ2) is 5.19. The van der Waals surface area contributed by atoms with E-state index in [1.807, 2.05) is 12.3 Å². The highest BCUT2D eigenvalue weighted by Gasteiger charge is 2.08. The summed E-state index contributed by atoms with van der Waals surface area (Å²) in [4.78, 5) is 3.21. The van der Waals surface area contributed by atoms with Crippen molar-refractivity contribution in [3.63, 3.8) is 0 Å². The minimum atomic E-state index is 0.373. The minimum Gasteiger partial charge on any atom is -0.364 e. The molecule has 0 saturated carbocycles. The molecule has 0 aliphatic carbocycles. The van der Waals surface area contributed by atoms with Crippen molar-refractivity contribution < 1.29 is 0 Å². The fraction of sp³-hybridized carbons (Fsp3) is 0.333. The van der Waals surface area contributed by atoms with Gasteiger partial charge in [0.2, 0.25) is 0 Å². The monoisotopic (exact) mass is 228 g/mol. The molecule has 2 nitrogen and oxygen atoms in total. The molecule has 0 amide bonds. The fourth-order valence-electron chi connectivity index (χ4n) is 2.08. The second-order valence-electron chi connectivity index (χ2n) is 4.66. The van der Waals surface area contributed by atoms with Crippen molar-refractivity contribution >= 4 is 0 Å². The Labute approximate surface area is 103 Å². The van der Waals surface area contributed by atoms with Crippen LogP contribution >= 0.6 is 0 Å². The van der Waals surface area contributed by atoms with E-state index in [0.717, 1.165) is 6.54 Å². The molecule has 0 aliphatic rings. The largest absolute Gasteiger partial charge is 0.364 e. The summed E-state index contributed by atoms with van der Waals surface area (Å²) >= 11 is 0. The maximum atomic E-state index is 3.54. The van der Waals surface area contributed by atoms with Crippen LogP contribution in [0, 0.1) is 13.8 Å². The van der Waals surface area contributed by atoms with Gasteiger partial charge in [-0.05, 0) is 44.0 Å². The number of H-pyrrole nitrogens is 1. The summed E-state index contributed by atoms with van der Waals surface area (Å²) in [6.07, 6.45) is 1.96. The zero-order valence-corrected chi connectivity index (χ0v) is 10.7. The van der Waals surface area contributed by atoms with E-state index < -0.39 is 0 Å². The Hall–Kier alpha value is -1.54. The first-order valence-corrected chi connectivity index (χ1v) is 6.09. The molecule has 17 heavy (non-hydrogen) atoms. The van der Waals surface area contributed by atoms with Gasteiger partial charge in [0.15, 0.2) is 0 Å². The van der Waals surface area contributed by atoms with E-state index in [-0.39, 0.29) is 0 Å². The molecular weight excluding hydrogens is 208 g/mol. The lowest BCUT2D eigenvalue weighted by atomic mass is 10.00. The van der Waals surface area contributed by atoms with Gasteiger partial charge in [0.1, 0.15) is 0 Å². The number of nitrogens with one attached hydrogen (secondary N) is 2. The summed E-state index contributed by atoms with van der Waals surface area (Å²) in [6.45, 7) is 7.40. The van der Waals surface area contributed by atoms with Crippen molar-refractivity contribution in [2.45, 2.75) is 33.4 Å². The Morgan fingerprint density at radius 1 is 1.24 bits per heavy atom. The average Bonchev–Trinajstić information content (AvgIpc) is 2.82. The van der Waals surface area contributed by atoms with Gasteiger partial charge in [-0.15, -0.1) is 0 Å². The lowest BCUT2D eigenvalue weighted by Crippen LogP contribution is -2.19. The highest BCUT2D eigenvalue weighted by molar-refractivity contribution is 5.32. The van der Waals surface area contributed by atoms with Crippen LogP contribution in [0.4, 0.5) is 0 Å². The summed E-state index contributed by atoms with van der Waals surface area (Å²) in [5, 5.41) is 3.54. The maximum absolute atomic E-state index is 3.54. The Balaban J connectivity index is 2.04. The predicted octanol–water partition coefficient (Wildman–Crippen LogP) is 3.48. The number of aromatic amines is 1. The fourth-order valence-corrected chi connectivity index (χ4v) is 2.08. The lowest BCUT2D eigenvalue weighted by molar-refractivity contribution is 0.566. The van der Waals surface area contributed by atoms with Gasteiger partial charge in [-0.2, -0.15) is 0 Å². The molecule has 90 valence electrons. The van der Waals surface area contributed by atoms with Crippen LogP contribution < -0.4 is 5.32 Å². The van der Waals surface area contributed by atoms with E-state index in [0.29, 0.717) is 6.04 Å². The molecule has 0 spiro atoms. The van der Waals surface area contributed by atoms with Gasteiger partial charge in [0, 0.05) is 24.5 Å². The first-order chi connectivity index (χ1) is 8.16. The number of benzene rings is 1. The molecule has 0 radical (unpaired) electrons. The first kappa shape index (κ1) is 11.9. The zero-order chi connectivity index (χ0) is 12.3. The summed E-state index contributed by atoms with van der Waals surface area (Å²) in [5.41, 5.74) is 5.28. The van der Waals surface area contributed by atoms with Gasteiger partial charge in [0.25, 0.3) is 0 Å². The molecule has 2 N–H and O–H groups in total. The van der Waals surface area contributed by atoms with E-state index in [1.165, 1.54) is 22.4 Å². The van der Waals surface area contributed by atoms with Gasteiger partial charge in [-0.25, -0.2) is 0 Å². The number of aryl methyl sites for hydroxylation is 2. The molecule has 2 aromatic rings. The SMILES string of the molecule is Cc1ccc(C)c(C(C)NCc2ccc[nH]2)c1. The molecule has 2 heteroatoms. The Bertz CT molecular complexity index is 472. The smallest absolute Gasteiger partial charge is 0.0362 e. The van der Waals surface area contributed by atoms with Crippen LogP contribution in [0.2, 0.25) is 0 Å². The molecule has 0 bridgehead atoms. The molecule has 0 saturated heterocycles. The molecule has 1 atom stereocenters. The van der Waals surface area contributed by atoms with Crippen LogP contribution in [0.1, 0.15) is 35.3 Å². The standard InChI is InChI=1S/C15H20N2/c1-11-6-7-12(2)15(9-11)13(3)17-10-14-5-4-8-16-14/h4-9,13,16-17H,10H2,1-3H3. The van der Waals surface area contributed by atoms with Crippen molar-refractivity contribution in [1.29, 1.82) is 0 Å². The minimum absolute atomic E-state index is 0.373. The molecule has 1 heterocycles. The van der Waals surface area contributed by atoms with Crippen LogP contribution in [-0.4, -0.2) is 4.98 Å². The Morgan fingerprint density at radius 3 is 2.76 bits per heavy atom. The number of rotatable bonds is 4. The highest BCUT2D eigenvalue weighted by Crippen LogP contribution is 2.19. The number of hydrogen-bond donors (Lipinski definition) is 2. The predicted molar refractivity (Wildman–Crippen MR) is 72.0 cm³/mol. The van der Waals surface area contributed by atoms with Crippen molar-refractivity contribution in [2.24, 2.45) is 0 Å². The molecule has 0 aliphatic heterocycles. The van der Waals surface area contributed by atoms with Crippen LogP contribution in [-0.2, 0) is 6.54 Å². The molecular formula is C15H20N2. The van der Waals surface area contributed by atoms with Gasteiger partial charge in [0.05, 0.1) is 0 Å². The average molecular weight is 228 g/mol. The highest BCUT2D eigenvalue weighted by atomic mass is 14.9. The van der Waals surface area contributed by atoms with E-state index in [2.05, 4.69) is 55.3 Å². The van der Waals surface area contributed by atoms with Gasteiger partial charge >= 0.3 is 0 Å². The molecule has 1 aromatic carbocycles. The van der Waals surface area contributed by atoms with Crippen LogP contribution in [0.3, 0.4) is 0 Å². The van der Waals surface area contributed by atoms with E-state index in [1.54, 1.807) is 0 Å². The lowest BCUT2D eigenvalue weighted by Gasteiger charge is -2.17. The van der Waals surface area contributed by atoms with E-state index in [4.69, 9.17) is 0 Å². The summed E-state index contributed by atoms with van der Waals surface area (Å²) < 4.78 is 0. The third kappa shape index (κ3) is 2.98. The first-order valence-electron chi connectivity index (χ1n) is 6.09. The third-order valence-electron chi connectivity index (χ3n) is 3.16. The van der Waals surface area contributed by atoms with Gasteiger partial charge in [-0.3, -0.25) is 0 Å². The van der Waals surface area contributed by atoms with E-state index >= 15 is 0 Å². The van der Waals surface area contributed by atoms with Gasteiger partial charge in [-0.1, -0.05) is 23.8 Å². The Kier molecular flexibility index (Phi) is 3.64. The molecule has 1 unspecified atom stereocenters. The number of hydrogen-bond acceptors (Lipinski definition) is 1.